The van der Waals surface area contributed by atoms with Gasteiger partial charge in [0.05, 0.1) is 10.7 Å². The summed E-state index contributed by atoms with van der Waals surface area (Å²) in [5.41, 5.74) is 9.17. The van der Waals surface area contributed by atoms with Crippen molar-refractivity contribution in [2.75, 3.05) is 12.3 Å². The van der Waals surface area contributed by atoms with Crippen molar-refractivity contribution in [2.24, 2.45) is 0 Å². The fraction of sp³-hybridized carbons (Fsp3) is 0.357. The van der Waals surface area contributed by atoms with E-state index in [0.717, 1.165) is 42.3 Å². The number of benzene rings is 1. The van der Waals surface area contributed by atoms with Crippen LogP contribution in [0.25, 0.3) is 0 Å². The minimum absolute atomic E-state index is 0.856. The molecule has 0 aliphatic rings. The maximum Gasteiger partial charge on any atom is 0.0897 e. The summed E-state index contributed by atoms with van der Waals surface area (Å²) in [6.45, 7) is 3.88. The Bertz CT molecular complexity index is 493. The molecule has 4 heteroatoms. The topological polar surface area (TPSA) is 50.9 Å². The first kappa shape index (κ1) is 13.1. The van der Waals surface area contributed by atoms with Crippen molar-refractivity contribution >= 4 is 17.0 Å². The minimum Gasteiger partial charge on any atom is -0.399 e. The molecule has 0 aliphatic heterocycles. The van der Waals surface area contributed by atoms with Gasteiger partial charge in [-0.1, -0.05) is 18.2 Å². The van der Waals surface area contributed by atoms with E-state index in [1.165, 1.54) is 5.56 Å². The monoisotopic (exact) mass is 261 g/mol. The molecule has 1 aromatic carbocycles. The molecular formula is C14H19N3S. The normalized spacial score (nSPS) is 10.7. The number of aryl methyl sites for hydroxylation is 2. The van der Waals surface area contributed by atoms with Gasteiger partial charge in [-0.05, 0) is 37.9 Å². The molecule has 0 saturated heterocycles. The predicted octanol–water partition coefficient (Wildman–Crippen LogP) is 2.76. The molecule has 96 valence electrons. The zero-order valence-electron chi connectivity index (χ0n) is 10.6. The lowest BCUT2D eigenvalue weighted by Crippen LogP contribution is -2.15. The van der Waals surface area contributed by atoms with Crippen LogP contribution in [0.2, 0.25) is 0 Å². The van der Waals surface area contributed by atoms with Gasteiger partial charge < -0.3 is 11.1 Å². The second-order valence-corrected chi connectivity index (χ2v) is 5.40. The van der Waals surface area contributed by atoms with E-state index in [9.17, 15) is 0 Å². The molecule has 0 aliphatic carbocycles. The zero-order valence-corrected chi connectivity index (χ0v) is 11.5. The third-order valence-electron chi connectivity index (χ3n) is 2.83. The standard InChI is InChI=1S/C14H19N3S/c1-11-17-13(10-18-11)9-16-8-4-6-12-5-2-3-7-14(12)15/h2-3,5,7,10,16H,4,6,8-9,15H2,1H3. The second kappa shape index (κ2) is 6.52. The summed E-state index contributed by atoms with van der Waals surface area (Å²) in [6.07, 6.45) is 2.12. The van der Waals surface area contributed by atoms with Crippen LogP contribution in [0.15, 0.2) is 29.6 Å². The smallest absolute Gasteiger partial charge is 0.0897 e. The van der Waals surface area contributed by atoms with Crippen LogP contribution in [-0.2, 0) is 13.0 Å². The Morgan fingerprint density at radius 2 is 2.17 bits per heavy atom. The Kier molecular flexibility index (Phi) is 4.73. The van der Waals surface area contributed by atoms with Crippen molar-refractivity contribution in [1.82, 2.24) is 10.3 Å². The summed E-state index contributed by atoms with van der Waals surface area (Å²) < 4.78 is 0. The van der Waals surface area contributed by atoms with Crippen molar-refractivity contribution in [3.05, 3.63) is 45.9 Å². The van der Waals surface area contributed by atoms with Crippen LogP contribution in [-0.4, -0.2) is 11.5 Å². The molecule has 0 bridgehead atoms. The van der Waals surface area contributed by atoms with Gasteiger partial charge in [0, 0.05) is 17.6 Å². The van der Waals surface area contributed by atoms with Gasteiger partial charge in [0.1, 0.15) is 0 Å². The number of hydrogen-bond acceptors (Lipinski definition) is 4. The molecule has 0 spiro atoms. The lowest BCUT2D eigenvalue weighted by Gasteiger charge is -2.05. The number of aromatic nitrogens is 1. The van der Waals surface area contributed by atoms with Crippen LogP contribution in [0, 0.1) is 6.92 Å². The third kappa shape index (κ3) is 3.82. The highest BCUT2D eigenvalue weighted by atomic mass is 32.1. The largest absolute Gasteiger partial charge is 0.399 e. The molecule has 0 fully saturated rings. The van der Waals surface area contributed by atoms with Gasteiger partial charge in [-0.15, -0.1) is 11.3 Å². The second-order valence-electron chi connectivity index (χ2n) is 4.34. The van der Waals surface area contributed by atoms with Crippen LogP contribution in [0.1, 0.15) is 22.7 Å². The molecule has 0 atom stereocenters. The number of nitrogens with one attached hydrogen (secondary N) is 1. The predicted molar refractivity (Wildman–Crippen MR) is 77.7 cm³/mol. The number of nitrogen functional groups attached to an aromatic ring is 1. The summed E-state index contributed by atoms with van der Waals surface area (Å²) in [7, 11) is 0. The number of nitrogens with two attached hydrogens (primary N) is 1. The number of nitrogens with zero attached hydrogens (tertiary/aromatic N) is 1. The number of rotatable bonds is 6. The van der Waals surface area contributed by atoms with Crippen molar-refractivity contribution in [3.63, 3.8) is 0 Å². The van der Waals surface area contributed by atoms with E-state index in [2.05, 4.69) is 21.7 Å². The summed E-state index contributed by atoms with van der Waals surface area (Å²) in [4.78, 5) is 4.42. The van der Waals surface area contributed by atoms with Crippen LogP contribution in [0.3, 0.4) is 0 Å². The summed E-state index contributed by atoms with van der Waals surface area (Å²) >= 11 is 1.70. The summed E-state index contributed by atoms with van der Waals surface area (Å²) in [5, 5.41) is 6.65. The number of thiazole rings is 1. The van der Waals surface area contributed by atoms with Crippen molar-refractivity contribution in [3.8, 4) is 0 Å². The van der Waals surface area contributed by atoms with Gasteiger partial charge in [0.2, 0.25) is 0 Å². The quantitative estimate of drug-likeness (QED) is 0.621. The van der Waals surface area contributed by atoms with Crippen molar-refractivity contribution in [2.45, 2.75) is 26.3 Å². The molecule has 0 radical (unpaired) electrons. The van der Waals surface area contributed by atoms with Gasteiger partial charge in [-0.3, -0.25) is 0 Å². The summed E-state index contributed by atoms with van der Waals surface area (Å²) in [5.74, 6) is 0. The fourth-order valence-corrected chi connectivity index (χ4v) is 2.48. The molecule has 3 N–H and O–H groups in total. The average molecular weight is 261 g/mol. The van der Waals surface area contributed by atoms with Gasteiger partial charge in [-0.25, -0.2) is 4.98 Å². The molecule has 0 amide bonds. The van der Waals surface area contributed by atoms with Gasteiger partial charge >= 0.3 is 0 Å². The van der Waals surface area contributed by atoms with Gasteiger partial charge in [0.25, 0.3) is 0 Å². The SMILES string of the molecule is Cc1nc(CNCCCc2ccccc2N)cs1. The lowest BCUT2D eigenvalue weighted by molar-refractivity contribution is 0.642. The maximum absolute atomic E-state index is 5.90. The van der Waals surface area contributed by atoms with Crippen LogP contribution < -0.4 is 11.1 Å². The molecule has 0 unspecified atom stereocenters. The van der Waals surface area contributed by atoms with E-state index < -0.39 is 0 Å². The van der Waals surface area contributed by atoms with E-state index in [4.69, 9.17) is 5.73 Å². The highest BCUT2D eigenvalue weighted by molar-refractivity contribution is 7.09. The Morgan fingerprint density at radius 3 is 2.89 bits per heavy atom. The molecule has 2 aromatic rings. The Labute approximate surface area is 112 Å². The summed E-state index contributed by atoms with van der Waals surface area (Å²) in [6, 6.07) is 8.07. The van der Waals surface area contributed by atoms with Crippen LogP contribution >= 0.6 is 11.3 Å². The van der Waals surface area contributed by atoms with Crippen molar-refractivity contribution in [1.29, 1.82) is 0 Å². The molecular weight excluding hydrogens is 242 g/mol. The third-order valence-corrected chi connectivity index (χ3v) is 3.65. The molecule has 0 saturated carbocycles. The lowest BCUT2D eigenvalue weighted by atomic mass is 10.1. The highest BCUT2D eigenvalue weighted by Gasteiger charge is 1.99. The van der Waals surface area contributed by atoms with E-state index in [1.54, 1.807) is 11.3 Å². The van der Waals surface area contributed by atoms with Crippen LogP contribution in [0.5, 0.6) is 0 Å². The average Bonchev–Trinajstić information content (AvgIpc) is 2.77. The Hall–Kier alpha value is -1.39. The van der Waals surface area contributed by atoms with Crippen molar-refractivity contribution < 1.29 is 0 Å². The molecule has 2 rings (SSSR count). The van der Waals surface area contributed by atoms with E-state index in [1.807, 2.05) is 25.1 Å². The minimum atomic E-state index is 0.856. The first-order chi connectivity index (χ1) is 8.75. The fourth-order valence-electron chi connectivity index (χ4n) is 1.87. The number of anilines is 1. The zero-order chi connectivity index (χ0) is 12.8. The Balaban J connectivity index is 1.66. The van der Waals surface area contributed by atoms with E-state index >= 15 is 0 Å². The van der Waals surface area contributed by atoms with Gasteiger partial charge in [-0.2, -0.15) is 0 Å². The number of hydrogen-bond donors (Lipinski definition) is 2. The molecule has 3 nitrogen and oxygen atoms in total. The van der Waals surface area contributed by atoms with Crippen LogP contribution in [0.4, 0.5) is 5.69 Å². The Morgan fingerprint density at radius 1 is 1.33 bits per heavy atom. The molecule has 18 heavy (non-hydrogen) atoms. The molecule has 1 aromatic heterocycles. The van der Waals surface area contributed by atoms with E-state index in [-0.39, 0.29) is 0 Å². The number of para-hydroxylation sites is 1. The highest BCUT2D eigenvalue weighted by Crippen LogP contribution is 2.12. The molecule has 1 heterocycles. The maximum atomic E-state index is 5.90. The van der Waals surface area contributed by atoms with E-state index in [0.29, 0.717) is 0 Å². The first-order valence-electron chi connectivity index (χ1n) is 6.21. The first-order valence-corrected chi connectivity index (χ1v) is 7.09. The van der Waals surface area contributed by atoms with Gasteiger partial charge in [0.15, 0.2) is 0 Å².